The van der Waals surface area contributed by atoms with Crippen LogP contribution in [0, 0.1) is 6.92 Å². The Bertz CT molecular complexity index is 703. The zero-order valence-corrected chi connectivity index (χ0v) is 14.9. The van der Waals surface area contributed by atoms with Gasteiger partial charge in [0.05, 0.1) is 13.7 Å². The molecule has 1 fully saturated rings. The molecule has 1 aromatic heterocycles. The Morgan fingerprint density at radius 1 is 1.25 bits per heavy atom. The Morgan fingerprint density at radius 2 is 2.12 bits per heavy atom. The quantitative estimate of drug-likeness (QED) is 0.849. The summed E-state index contributed by atoms with van der Waals surface area (Å²) in [6.45, 7) is 6.12. The third-order valence-electron chi connectivity index (χ3n) is 4.12. The second kappa shape index (κ2) is 7.72. The van der Waals surface area contributed by atoms with Crippen molar-refractivity contribution in [2.75, 3.05) is 33.3 Å². The Balaban J connectivity index is 1.61. The van der Waals surface area contributed by atoms with Gasteiger partial charge in [-0.2, -0.15) is 0 Å². The fourth-order valence-electron chi connectivity index (χ4n) is 2.86. The molecule has 0 atom stereocenters. The number of hydrogen-bond donors (Lipinski definition) is 0. The zero-order valence-electron chi connectivity index (χ0n) is 14.1. The Morgan fingerprint density at radius 3 is 2.88 bits per heavy atom. The smallest absolute Gasteiger partial charge is 0.254 e. The lowest BCUT2D eigenvalue weighted by molar-refractivity contribution is 0.0760. The van der Waals surface area contributed by atoms with E-state index in [2.05, 4.69) is 15.1 Å². The molecule has 1 saturated heterocycles. The van der Waals surface area contributed by atoms with E-state index in [1.54, 1.807) is 24.5 Å². The largest absolute Gasteiger partial charge is 0.497 e. The molecular formula is C17H22N4O2S. The van der Waals surface area contributed by atoms with Crippen LogP contribution in [0.5, 0.6) is 5.75 Å². The minimum Gasteiger partial charge on any atom is -0.497 e. The number of amides is 1. The summed E-state index contributed by atoms with van der Waals surface area (Å²) in [5.41, 5.74) is 0.683. The SMILES string of the molecule is COc1cccc(C(=O)N2CCCN(Cc3nnc(C)s3)CC2)c1. The molecule has 1 aliphatic rings. The lowest BCUT2D eigenvalue weighted by atomic mass is 10.2. The molecule has 128 valence electrons. The molecule has 0 saturated carbocycles. The van der Waals surface area contributed by atoms with Crippen molar-refractivity contribution in [3.05, 3.63) is 39.8 Å². The lowest BCUT2D eigenvalue weighted by Crippen LogP contribution is -2.35. The van der Waals surface area contributed by atoms with E-state index >= 15 is 0 Å². The van der Waals surface area contributed by atoms with Crippen LogP contribution in [0.15, 0.2) is 24.3 Å². The van der Waals surface area contributed by atoms with Gasteiger partial charge in [0.25, 0.3) is 5.91 Å². The summed E-state index contributed by atoms with van der Waals surface area (Å²) in [5, 5.41) is 10.3. The molecule has 0 spiro atoms. The first-order valence-electron chi connectivity index (χ1n) is 8.10. The number of nitrogens with zero attached hydrogens (tertiary/aromatic N) is 4. The topological polar surface area (TPSA) is 58.6 Å². The first kappa shape index (κ1) is 16.9. The second-order valence-electron chi connectivity index (χ2n) is 5.87. The highest BCUT2D eigenvalue weighted by molar-refractivity contribution is 7.11. The summed E-state index contributed by atoms with van der Waals surface area (Å²) < 4.78 is 5.21. The van der Waals surface area contributed by atoms with Crippen LogP contribution >= 0.6 is 11.3 Å². The molecular weight excluding hydrogens is 324 g/mol. The maximum absolute atomic E-state index is 12.7. The van der Waals surface area contributed by atoms with Crippen molar-refractivity contribution in [3.8, 4) is 5.75 Å². The van der Waals surface area contributed by atoms with Crippen molar-refractivity contribution in [3.63, 3.8) is 0 Å². The molecule has 3 rings (SSSR count). The maximum atomic E-state index is 12.7. The molecule has 0 radical (unpaired) electrons. The van der Waals surface area contributed by atoms with Crippen LogP contribution in [0.2, 0.25) is 0 Å². The van der Waals surface area contributed by atoms with Gasteiger partial charge in [0.1, 0.15) is 15.8 Å². The van der Waals surface area contributed by atoms with Crippen molar-refractivity contribution in [2.24, 2.45) is 0 Å². The summed E-state index contributed by atoms with van der Waals surface area (Å²) in [6.07, 6.45) is 0.966. The van der Waals surface area contributed by atoms with Crippen LogP contribution in [-0.4, -0.2) is 59.2 Å². The minimum absolute atomic E-state index is 0.0718. The van der Waals surface area contributed by atoms with Gasteiger partial charge in [0.15, 0.2) is 0 Å². The first-order chi connectivity index (χ1) is 11.7. The summed E-state index contributed by atoms with van der Waals surface area (Å²) >= 11 is 1.64. The molecule has 1 aliphatic heterocycles. The molecule has 2 heterocycles. The fourth-order valence-corrected chi connectivity index (χ4v) is 3.61. The number of hydrogen-bond acceptors (Lipinski definition) is 6. The average Bonchev–Trinajstić information content (AvgIpc) is 2.87. The van der Waals surface area contributed by atoms with Crippen LogP contribution in [-0.2, 0) is 6.54 Å². The number of aryl methyl sites for hydroxylation is 1. The molecule has 2 aromatic rings. The van der Waals surface area contributed by atoms with Crippen molar-refractivity contribution in [1.82, 2.24) is 20.0 Å². The van der Waals surface area contributed by atoms with E-state index in [1.165, 1.54) is 0 Å². The van der Waals surface area contributed by atoms with Gasteiger partial charge < -0.3 is 9.64 Å². The van der Waals surface area contributed by atoms with Gasteiger partial charge in [0.2, 0.25) is 0 Å². The molecule has 0 unspecified atom stereocenters. The molecule has 0 N–H and O–H groups in total. The first-order valence-corrected chi connectivity index (χ1v) is 8.92. The van der Waals surface area contributed by atoms with Gasteiger partial charge in [-0.1, -0.05) is 6.07 Å². The van der Waals surface area contributed by atoms with Gasteiger partial charge in [-0.3, -0.25) is 9.69 Å². The van der Waals surface area contributed by atoms with E-state index in [0.29, 0.717) is 11.3 Å². The van der Waals surface area contributed by atoms with E-state index in [9.17, 15) is 4.79 Å². The zero-order chi connectivity index (χ0) is 16.9. The van der Waals surface area contributed by atoms with E-state index < -0.39 is 0 Å². The van der Waals surface area contributed by atoms with Crippen molar-refractivity contribution in [1.29, 1.82) is 0 Å². The highest BCUT2D eigenvalue weighted by Gasteiger charge is 2.21. The number of carbonyl (C=O) groups is 1. The van der Waals surface area contributed by atoms with E-state index in [1.807, 2.05) is 30.0 Å². The van der Waals surface area contributed by atoms with Crippen molar-refractivity contribution < 1.29 is 9.53 Å². The third kappa shape index (κ3) is 4.10. The molecule has 24 heavy (non-hydrogen) atoms. The van der Waals surface area contributed by atoms with E-state index in [0.717, 1.165) is 49.2 Å². The van der Waals surface area contributed by atoms with Crippen molar-refractivity contribution in [2.45, 2.75) is 19.9 Å². The minimum atomic E-state index is 0.0718. The number of benzene rings is 1. The van der Waals surface area contributed by atoms with Gasteiger partial charge >= 0.3 is 0 Å². The van der Waals surface area contributed by atoms with Gasteiger partial charge in [-0.25, -0.2) is 0 Å². The molecule has 6 nitrogen and oxygen atoms in total. The van der Waals surface area contributed by atoms with Crippen molar-refractivity contribution >= 4 is 17.2 Å². The molecule has 1 aromatic carbocycles. The molecule has 0 bridgehead atoms. The number of aromatic nitrogens is 2. The van der Waals surface area contributed by atoms with Crippen LogP contribution in [0.4, 0.5) is 0 Å². The highest BCUT2D eigenvalue weighted by Crippen LogP contribution is 2.17. The maximum Gasteiger partial charge on any atom is 0.254 e. The second-order valence-corrected chi connectivity index (χ2v) is 7.13. The molecule has 7 heteroatoms. The molecule has 1 amide bonds. The van der Waals surface area contributed by atoms with Crippen LogP contribution < -0.4 is 4.74 Å². The number of carbonyl (C=O) groups excluding carboxylic acids is 1. The lowest BCUT2D eigenvalue weighted by Gasteiger charge is -2.21. The number of rotatable bonds is 4. The van der Waals surface area contributed by atoms with Gasteiger partial charge in [0, 0.05) is 31.7 Å². The Hall–Kier alpha value is -1.99. The number of methoxy groups -OCH3 is 1. The highest BCUT2D eigenvalue weighted by atomic mass is 32.1. The predicted molar refractivity (Wildman–Crippen MR) is 93.4 cm³/mol. The summed E-state index contributed by atoms with van der Waals surface area (Å²) in [5.74, 6) is 0.784. The van der Waals surface area contributed by atoms with Gasteiger partial charge in [-0.15, -0.1) is 21.5 Å². The fraction of sp³-hybridized carbons (Fsp3) is 0.471. The third-order valence-corrected chi connectivity index (χ3v) is 4.94. The summed E-state index contributed by atoms with van der Waals surface area (Å²) in [7, 11) is 1.61. The predicted octanol–water partition coefficient (Wildman–Crippen LogP) is 2.20. The van der Waals surface area contributed by atoms with Crippen LogP contribution in [0.1, 0.15) is 26.8 Å². The van der Waals surface area contributed by atoms with Gasteiger partial charge in [-0.05, 0) is 31.5 Å². The average molecular weight is 346 g/mol. The standard InChI is InChI=1S/C17H22N4O2S/c1-13-18-19-16(24-13)12-20-7-4-8-21(10-9-20)17(22)14-5-3-6-15(11-14)23-2/h3,5-6,11H,4,7-10,12H2,1-2H3. The molecule has 0 aliphatic carbocycles. The summed E-state index contributed by atoms with van der Waals surface area (Å²) in [4.78, 5) is 17.0. The monoisotopic (exact) mass is 346 g/mol. The Kier molecular flexibility index (Phi) is 5.42. The van der Waals surface area contributed by atoms with Crippen LogP contribution in [0.25, 0.3) is 0 Å². The summed E-state index contributed by atoms with van der Waals surface area (Å²) in [6, 6.07) is 7.35. The van der Waals surface area contributed by atoms with E-state index in [4.69, 9.17) is 4.74 Å². The van der Waals surface area contributed by atoms with E-state index in [-0.39, 0.29) is 5.91 Å². The normalized spacial score (nSPS) is 16.0. The Labute approximate surface area is 146 Å². The van der Waals surface area contributed by atoms with Crippen LogP contribution in [0.3, 0.4) is 0 Å². The number of ether oxygens (including phenoxy) is 1.